The highest BCUT2D eigenvalue weighted by Gasteiger charge is 2.36. The molecule has 0 unspecified atom stereocenters. The van der Waals surface area contributed by atoms with Gasteiger partial charge in [-0.05, 0) is 55.9 Å². The Balaban J connectivity index is 1.35. The summed E-state index contributed by atoms with van der Waals surface area (Å²) < 4.78 is 13.0. The SMILES string of the molecule is O=C(c1ccc(F)cc1)[C@@H]1CC[C@H]2CN(CC3CC3)CCN2C1. The van der Waals surface area contributed by atoms with E-state index in [1.54, 1.807) is 12.1 Å². The maximum Gasteiger partial charge on any atom is 0.167 e. The van der Waals surface area contributed by atoms with Crippen LogP contribution in [-0.4, -0.2) is 54.3 Å². The zero-order valence-electron chi connectivity index (χ0n) is 13.6. The lowest BCUT2D eigenvalue weighted by Gasteiger charge is -2.46. The van der Waals surface area contributed by atoms with Crippen LogP contribution in [0.4, 0.5) is 4.39 Å². The molecule has 2 heterocycles. The summed E-state index contributed by atoms with van der Waals surface area (Å²) in [7, 11) is 0. The molecule has 3 nitrogen and oxygen atoms in total. The number of nitrogens with zero attached hydrogens (tertiary/aromatic N) is 2. The van der Waals surface area contributed by atoms with E-state index in [1.165, 1.54) is 38.1 Å². The van der Waals surface area contributed by atoms with Gasteiger partial charge >= 0.3 is 0 Å². The molecule has 2 atom stereocenters. The molecule has 0 aromatic heterocycles. The third kappa shape index (κ3) is 3.48. The van der Waals surface area contributed by atoms with Gasteiger partial charge in [0.2, 0.25) is 0 Å². The van der Waals surface area contributed by atoms with Crippen molar-refractivity contribution in [1.29, 1.82) is 0 Å². The Hall–Kier alpha value is -1.26. The summed E-state index contributed by atoms with van der Waals surface area (Å²) in [6, 6.07) is 6.64. The van der Waals surface area contributed by atoms with E-state index in [0.717, 1.165) is 38.4 Å². The molecule has 0 spiro atoms. The topological polar surface area (TPSA) is 23.6 Å². The van der Waals surface area contributed by atoms with Crippen LogP contribution in [0.25, 0.3) is 0 Å². The number of Topliss-reactive ketones (excluding diaryl/α,β-unsaturated/α-hetero) is 1. The summed E-state index contributed by atoms with van der Waals surface area (Å²) in [4.78, 5) is 17.8. The molecule has 3 aliphatic rings. The second-order valence-corrected chi connectivity index (χ2v) is 7.50. The van der Waals surface area contributed by atoms with Crippen LogP contribution in [0, 0.1) is 17.7 Å². The van der Waals surface area contributed by atoms with Crippen LogP contribution in [0.5, 0.6) is 0 Å². The largest absolute Gasteiger partial charge is 0.300 e. The average Bonchev–Trinajstić information content (AvgIpc) is 3.38. The minimum Gasteiger partial charge on any atom is -0.300 e. The second-order valence-electron chi connectivity index (χ2n) is 7.50. The van der Waals surface area contributed by atoms with Gasteiger partial charge in [0.15, 0.2) is 5.78 Å². The molecule has 0 N–H and O–H groups in total. The van der Waals surface area contributed by atoms with Crippen LogP contribution in [-0.2, 0) is 0 Å². The van der Waals surface area contributed by atoms with Gasteiger partial charge in [0.1, 0.15) is 5.82 Å². The lowest BCUT2D eigenvalue weighted by molar-refractivity contribution is 0.0261. The number of benzene rings is 1. The first kappa shape index (κ1) is 15.3. The highest BCUT2D eigenvalue weighted by Crippen LogP contribution is 2.32. The number of piperazine rings is 1. The summed E-state index contributed by atoms with van der Waals surface area (Å²) in [6.07, 6.45) is 4.91. The van der Waals surface area contributed by atoms with Gasteiger partial charge in [-0.15, -0.1) is 0 Å². The molecule has 124 valence electrons. The van der Waals surface area contributed by atoms with E-state index >= 15 is 0 Å². The Morgan fingerprint density at radius 3 is 2.57 bits per heavy atom. The second kappa shape index (κ2) is 6.33. The summed E-state index contributed by atoms with van der Waals surface area (Å²) >= 11 is 0. The lowest BCUT2D eigenvalue weighted by atomic mass is 9.86. The molecule has 2 saturated heterocycles. The van der Waals surface area contributed by atoms with E-state index in [9.17, 15) is 9.18 Å². The number of fused-ring (bicyclic) bond motifs is 1. The third-order valence-corrected chi connectivity index (χ3v) is 5.70. The highest BCUT2D eigenvalue weighted by atomic mass is 19.1. The zero-order chi connectivity index (χ0) is 15.8. The monoisotopic (exact) mass is 316 g/mol. The number of halogens is 1. The molecule has 0 amide bonds. The normalized spacial score (nSPS) is 29.3. The standard InChI is InChI=1S/C19H25FN2O/c20-17-6-3-15(4-7-17)19(23)16-5-8-18-13-21(11-14-1-2-14)9-10-22(18)12-16/h3-4,6-7,14,16,18H,1-2,5,8-13H2/t16-,18+/m1/s1. The molecular formula is C19H25FN2O. The van der Waals surface area contributed by atoms with Crippen LogP contribution in [0.1, 0.15) is 36.0 Å². The predicted molar refractivity (Wildman–Crippen MR) is 88.0 cm³/mol. The highest BCUT2D eigenvalue weighted by molar-refractivity contribution is 5.98. The first-order valence-electron chi connectivity index (χ1n) is 8.95. The fourth-order valence-electron chi connectivity index (χ4n) is 4.13. The first-order chi connectivity index (χ1) is 11.2. The van der Waals surface area contributed by atoms with Gasteiger partial charge in [0.25, 0.3) is 0 Å². The van der Waals surface area contributed by atoms with Gasteiger partial charge in [0.05, 0.1) is 0 Å². The van der Waals surface area contributed by atoms with E-state index in [2.05, 4.69) is 9.80 Å². The maximum atomic E-state index is 13.0. The summed E-state index contributed by atoms with van der Waals surface area (Å²) in [5.41, 5.74) is 0.655. The Kier molecular flexibility index (Phi) is 4.20. The number of piperidine rings is 1. The molecule has 2 aliphatic heterocycles. The van der Waals surface area contributed by atoms with Crippen LogP contribution in [0.3, 0.4) is 0 Å². The quantitative estimate of drug-likeness (QED) is 0.798. The first-order valence-corrected chi connectivity index (χ1v) is 8.95. The molecule has 1 aromatic carbocycles. The van der Waals surface area contributed by atoms with Gasteiger partial charge in [-0.3, -0.25) is 9.69 Å². The fourth-order valence-corrected chi connectivity index (χ4v) is 4.13. The van der Waals surface area contributed by atoms with Gasteiger partial charge < -0.3 is 4.90 Å². The minimum absolute atomic E-state index is 0.0756. The van der Waals surface area contributed by atoms with Crippen LogP contribution < -0.4 is 0 Å². The van der Waals surface area contributed by atoms with E-state index in [-0.39, 0.29) is 17.5 Å². The fraction of sp³-hybridized carbons (Fsp3) is 0.632. The van der Waals surface area contributed by atoms with E-state index in [0.29, 0.717) is 11.6 Å². The smallest absolute Gasteiger partial charge is 0.167 e. The van der Waals surface area contributed by atoms with Crippen molar-refractivity contribution in [3.05, 3.63) is 35.6 Å². The minimum atomic E-state index is -0.281. The van der Waals surface area contributed by atoms with Gasteiger partial charge in [-0.25, -0.2) is 4.39 Å². The molecule has 3 fully saturated rings. The van der Waals surface area contributed by atoms with Crippen molar-refractivity contribution >= 4 is 5.78 Å². The molecule has 1 aliphatic carbocycles. The van der Waals surface area contributed by atoms with Crippen molar-refractivity contribution < 1.29 is 9.18 Å². The van der Waals surface area contributed by atoms with E-state index in [1.807, 2.05) is 0 Å². The zero-order valence-corrected chi connectivity index (χ0v) is 13.6. The van der Waals surface area contributed by atoms with Crippen molar-refractivity contribution in [3.8, 4) is 0 Å². The molecule has 0 radical (unpaired) electrons. The Bertz CT molecular complexity index is 569. The number of carbonyl (C=O) groups is 1. The number of carbonyl (C=O) groups excluding carboxylic acids is 1. The number of hydrogen-bond acceptors (Lipinski definition) is 3. The van der Waals surface area contributed by atoms with Crippen LogP contribution >= 0.6 is 0 Å². The molecular weight excluding hydrogens is 291 g/mol. The molecule has 23 heavy (non-hydrogen) atoms. The number of ketones is 1. The Labute approximate surface area is 137 Å². The third-order valence-electron chi connectivity index (χ3n) is 5.70. The van der Waals surface area contributed by atoms with Crippen LogP contribution in [0.15, 0.2) is 24.3 Å². The summed E-state index contributed by atoms with van der Waals surface area (Å²) in [5, 5.41) is 0. The van der Waals surface area contributed by atoms with E-state index in [4.69, 9.17) is 0 Å². The van der Waals surface area contributed by atoms with Crippen molar-refractivity contribution in [1.82, 2.24) is 9.80 Å². The van der Waals surface area contributed by atoms with Crippen molar-refractivity contribution in [3.63, 3.8) is 0 Å². The number of rotatable bonds is 4. The van der Waals surface area contributed by atoms with Gasteiger partial charge in [0, 0.05) is 50.2 Å². The van der Waals surface area contributed by atoms with E-state index < -0.39 is 0 Å². The van der Waals surface area contributed by atoms with Crippen LogP contribution in [0.2, 0.25) is 0 Å². The predicted octanol–water partition coefficient (Wildman–Crippen LogP) is 2.81. The Morgan fingerprint density at radius 2 is 1.83 bits per heavy atom. The summed E-state index contributed by atoms with van der Waals surface area (Å²) in [6.45, 7) is 5.56. The van der Waals surface area contributed by atoms with Crippen molar-refractivity contribution in [2.45, 2.75) is 31.7 Å². The van der Waals surface area contributed by atoms with Crippen molar-refractivity contribution in [2.24, 2.45) is 11.8 Å². The Morgan fingerprint density at radius 1 is 1.04 bits per heavy atom. The molecule has 4 heteroatoms. The molecule has 1 saturated carbocycles. The maximum absolute atomic E-state index is 13.0. The summed E-state index contributed by atoms with van der Waals surface area (Å²) in [5.74, 6) is 0.936. The molecule has 1 aromatic rings. The molecule has 0 bridgehead atoms. The molecule has 4 rings (SSSR count). The van der Waals surface area contributed by atoms with Crippen molar-refractivity contribution in [2.75, 3.05) is 32.7 Å². The lowest BCUT2D eigenvalue weighted by Crippen LogP contribution is -2.57. The number of hydrogen-bond donors (Lipinski definition) is 0. The average molecular weight is 316 g/mol. The van der Waals surface area contributed by atoms with Gasteiger partial charge in [-0.2, -0.15) is 0 Å². The van der Waals surface area contributed by atoms with Gasteiger partial charge in [-0.1, -0.05) is 0 Å².